The summed E-state index contributed by atoms with van der Waals surface area (Å²) in [7, 11) is 0. The van der Waals surface area contributed by atoms with Gasteiger partial charge in [-0.25, -0.2) is 4.68 Å². The predicted molar refractivity (Wildman–Crippen MR) is 86.4 cm³/mol. The van der Waals surface area contributed by atoms with Crippen molar-refractivity contribution in [2.75, 3.05) is 38.2 Å². The Morgan fingerprint density at radius 1 is 1.41 bits per heavy atom. The molecule has 2 N–H and O–H groups in total. The number of ether oxygens (including phenoxy) is 1. The molecule has 3 rings (SSSR count). The minimum Gasteiger partial charge on any atom is -0.383 e. The van der Waals surface area contributed by atoms with Crippen molar-refractivity contribution in [1.29, 1.82) is 0 Å². The molecule has 2 aliphatic rings. The predicted octanol–water partition coefficient (Wildman–Crippen LogP) is 1.31. The zero-order valence-corrected chi connectivity index (χ0v) is 13.3. The summed E-state index contributed by atoms with van der Waals surface area (Å²) >= 11 is 0. The third-order valence-electron chi connectivity index (χ3n) is 4.73. The van der Waals surface area contributed by atoms with Crippen LogP contribution in [0.15, 0.2) is 11.0 Å². The molecule has 0 bridgehead atoms. The Balaban J connectivity index is 1.67. The molecular weight excluding hydrogens is 280 g/mol. The molecule has 0 aliphatic carbocycles. The highest BCUT2D eigenvalue weighted by Gasteiger charge is 2.19. The Bertz CT molecular complexity index is 546. The number of nitrogens with one attached hydrogen (secondary N) is 2. The smallest absolute Gasteiger partial charge is 0.272 e. The van der Waals surface area contributed by atoms with Gasteiger partial charge in [0.15, 0.2) is 0 Å². The van der Waals surface area contributed by atoms with Crippen molar-refractivity contribution in [3.05, 3.63) is 22.1 Å². The monoisotopic (exact) mass is 306 g/mol. The summed E-state index contributed by atoms with van der Waals surface area (Å²) in [6.07, 6.45) is 6.06. The van der Waals surface area contributed by atoms with Crippen LogP contribution in [0.3, 0.4) is 0 Å². The summed E-state index contributed by atoms with van der Waals surface area (Å²) in [5.41, 5.74) is 1.67. The van der Waals surface area contributed by atoms with E-state index >= 15 is 0 Å². The first-order chi connectivity index (χ1) is 10.8. The molecule has 122 valence electrons. The molecule has 6 nitrogen and oxygen atoms in total. The maximum Gasteiger partial charge on any atom is 0.272 e. The van der Waals surface area contributed by atoms with E-state index in [-0.39, 0.29) is 11.6 Å². The average molecular weight is 306 g/mol. The van der Waals surface area contributed by atoms with Gasteiger partial charge < -0.3 is 15.4 Å². The lowest BCUT2D eigenvalue weighted by Crippen LogP contribution is -2.36. The summed E-state index contributed by atoms with van der Waals surface area (Å²) in [5.74, 6) is 0.528. The standard InChI is InChI=1S/C16H26N4O2/c1-12-15(18-9-13-3-2-8-22-11-13)10-19-20(16(12)21)14-4-6-17-7-5-14/h10,13-14,17-18H,2-9,11H2,1H3/t13-/m1/s1. The Kier molecular flexibility index (Phi) is 5.10. The van der Waals surface area contributed by atoms with Gasteiger partial charge in [-0.2, -0.15) is 5.10 Å². The second-order valence-corrected chi connectivity index (χ2v) is 6.38. The van der Waals surface area contributed by atoms with Gasteiger partial charge in [0.05, 0.1) is 24.5 Å². The van der Waals surface area contributed by atoms with Crippen molar-refractivity contribution in [2.45, 2.75) is 38.6 Å². The van der Waals surface area contributed by atoms with E-state index in [1.807, 2.05) is 13.1 Å². The Hall–Kier alpha value is -1.40. The molecular formula is C16H26N4O2. The highest BCUT2D eigenvalue weighted by atomic mass is 16.5. The number of anilines is 1. The molecule has 1 aromatic rings. The van der Waals surface area contributed by atoms with E-state index < -0.39 is 0 Å². The second kappa shape index (κ2) is 7.24. The maximum atomic E-state index is 12.6. The van der Waals surface area contributed by atoms with Crippen LogP contribution in [0.2, 0.25) is 0 Å². The zero-order chi connectivity index (χ0) is 15.4. The minimum absolute atomic E-state index is 0.0387. The molecule has 6 heteroatoms. The molecule has 3 heterocycles. The summed E-state index contributed by atoms with van der Waals surface area (Å²) in [5, 5.41) is 11.1. The third-order valence-corrected chi connectivity index (χ3v) is 4.73. The van der Waals surface area contributed by atoms with Crippen molar-refractivity contribution in [2.24, 2.45) is 5.92 Å². The van der Waals surface area contributed by atoms with E-state index in [1.54, 1.807) is 4.68 Å². The van der Waals surface area contributed by atoms with Crippen LogP contribution >= 0.6 is 0 Å². The normalized spacial score (nSPS) is 23.4. The summed E-state index contributed by atoms with van der Waals surface area (Å²) in [4.78, 5) is 12.6. The van der Waals surface area contributed by atoms with Crippen molar-refractivity contribution < 1.29 is 4.74 Å². The van der Waals surface area contributed by atoms with Gasteiger partial charge >= 0.3 is 0 Å². The largest absolute Gasteiger partial charge is 0.383 e. The van der Waals surface area contributed by atoms with E-state index in [2.05, 4.69) is 15.7 Å². The topological polar surface area (TPSA) is 68.2 Å². The van der Waals surface area contributed by atoms with Gasteiger partial charge in [-0.1, -0.05) is 0 Å². The Morgan fingerprint density at radius 2 is 2.23 bits per heavy atom. The lowest BCUT2D eigenvalue weighted by atomic mass is 10.0. The quantitative estimate of drug-likeness (QED) is 0.878. The molecule has 0 spiro atoms. The van der Waals surface area contributed by atoms with Crippen molar-refractivity contribution in [3.63, 3.8) is 0 Å². The lowest BCUT2D eigenvalue weighted by molar-refractivity contribution is 0.0595. The molecule has 0 aromatic carbocycles. The first kappa shape index (κ1) is 15.5. The van der Waals surface area contributed by atoms with Gasteiger partial charge in [0.2, 0.25) is 0 Å². The van der Waals surface area contributed by atoms with Crippen molar-refractivity contribution in [3.8, 4) is 0 Å². The highest BCUT2D eigenvalue weighted by Crippen LogP contribution is 2.18. The third kappa shape index (κ3) is 3.50. The van der Waals surface area contributed by atoms with Crippen LogP contribution in [0.1, 0.15) is 37.3 Å². The molecule has 0 amide bonds. The molecule has 0 saturated carbocycles. The second-order valence-electron chi connectivity index (χ2n) is 6.38. The first-order valence-electron chi connectivity index (χ1n) is 8.36. The molecule has 2 aliphatic heterocycles. The molecule has 2 fully saturated rings. The summed E-state index contributed by atoms with van der Waals surface area (Å²) < 4.78 is 7.17. The molecule has 1 atom stereocenters. The van der Waals surface area contributed by atoms with E-state index in [9.17, 15) is 4.79 Å². The first-order valence-corrected chi connectivity index (χ1v) is 8.36. The van der Waals surface area contributed by atoms with Gasteiger partial charge in [0, 0.05) is 18.7 Å². The van der Waals surface area contributed by atoms with Crippen LogP contribution in [-0.2, 0) is 4.74 Å². The van der Waals surface area contributed by atoms with Gasteiger partial charge in [-0.15, -0.1) is 0 Å². The highest BCUT2D eigenvalue weighted by molar-refractivity contribution is 5.47. The maximum absolute atomic E-state index is 12.6. The zero-order valence-electron chi connectivity index (χ0n) is 13.3. The number of aromatic nitrogens is 2. The van der Waals surface area contributed by atoms with E-state index in [0.29, 0.717) is 5.92 Å². The van der Waals surface area contributed by atoms with Crippen LogP contribution in [0, 0.1) is 12.8 Å². The number of piperidine rings is 1. The van der Waals surface area contributed by atoms with Crippen molar-refractivity contribution >= 4 is 5.69 Å². The van der Waals surface area contributed by atoms with Crippen LogP contribution in [0.5, 0.6) is 0 Å². The number of nitrogens with zero attached hydrogens (tertiary/aromatic N) is 2. The van der Waals surface area contributed by atoms with Gasteiger partial charge in [0.1, 0.15) is 0 Å². The van der Waals surface area contributed by atoms with Gasteiger partial charge in [0.25, 0.3) is 5.56 Å². The van der Waals surface area contributed by atoms with Gasteiger partial charge in [-0.3, -0.25) is 4.79 Å². The fourth-order valence-corrected chi connectivity index (χ4v) is 3.27. The number of hydrogen-bond acceptors (Lipinski definition) is 5. The van der Waals surface area contributed by atoms with Gasteiger partial charge in [-0.05, 0) is 51.6 Å². The number of hydrogen-bond donors (Lipinski definition) is 2. The van der Waals surface area contributed by atoms with Crippen LogP contribution < -0.4 is 16.2 Å². The summed E-state index contributed by atoms with van der Waals surface area (Å²) in [6.45, 7) is 6.34. The fourth-order valence-electron chi connectivity index (χ4n) is 3.27. The number of rotatable bonds is 4. The van der Waals surface area contributed by atoms with E-state index in [1.165, 1.54) is 6.42 Å². The van der Waals surface area contributed by atoms with Crippen LogP contribution in [-0.4, -0.2) is 42.6 Å². The van der Waals surface area contributed by atoms with Crippen molar-refractivity contribution in [1.82, 2.24) is 15.1 Å². The molecule has 22 heavy (non-hydrogen) atoms. The van der Waals surface area contributed by atoms with E-state index in [4.69, 9.17) is 4.74 Å². The molecule has 0 radical (unpaired) electrons. The van der Waals surface area contributed by atoms with Crippen LogP contribution in [0.4, 0.5) is 5.69 Å². The lowest BCUT2D eigenvalue weighted by Gasteiger charge is -2.25. The van der Waals surface area contributed by atoms with Crippen LogP contribution in [0.25, 0.3) is 0 Å². The Labute approximate surface area is 131 Å². The SMILES string of the molecule is Cc1c(NC[C@H]2CCCOC2)cnn(C2CCNCC2)c1=O. The average Bonchev–Trinajstić information content (AvgIpc) is 2.58. The fraction of sp³-hybridized carbons (Fsp3) is 0.750. The Morgan fingerprint density at radius 3 is 2.95 bits per heavy atom. The minimum atomic E-state index is 0.0387. The molecule has 2 saturated heterocycles. The summed E-state index contributed by atoms with van der Waals surface area (Å²) in [6, 6.07) is 0.230. The molecule has 1 aromatic heterocycles. The molecule has 0 unspecified atom stereocenters. The van der Waals surface area contributed by atoms with E-state index in [0.717, 1.165) is 63.4 Å².